The van der Waals surface area contributed by atoms with Crippen LogP contribution >= 0.6 is 23.2 Å². The lowest BCUT2D eigenvalue weighted by atomic mass is 9.92. The number of hydrazone groups is 1. The number of hydrogen-bond donors (Lipinski definition) is 2. The minimum atomic E-state index is -0.369. The molecule has 0 bridgehead atoms. The van der Waals surface area contributed by atoms with E-state index in [1.165, 1.54) is 6.42 Å². The Kier molecular flexibility index (Phi) is 4.56. The Balaban J connectivity index is 1.65. The van der Waals surface area contributed by atoms with Crippen LogP contribution in [0.4, 0.5) is 11.4 Å². The number of ether oxygens (including phenoxy) is 1. The molecule has 2 aromatic rings. The highest BCUT2D eigenvalue weighted by Gasteiger charge is 2.36. The predicted molar refractivity (Wildman–Crippen MR) is 116 cm³/mol. The van der Waals surface area contributed by atoms with Crippen LogP contribution in [0.3, 0.4) is 0 Å². The van der Waals surface area contributed by atoms with Gasteiger partial charge in [-0.1, -0.05) is 29.3 Å². The number of benzene rings is 2. The van der Waals surface area contributed by atoms with E-state index in [9.17, 15) is 4.79 Å². The van der Waals surface area contributed by atoms with Crippen molar-refractivity contribution < 1.29 is 9.53 Å². The summed E-state index contributed by atoms with van der Waals surface area (Å²) in [7, 11) is 0. The van der Waals surface area contributed by atoms with E-state index in [-0.39, 0.29) is 11.9 Å². The van der Waals surface area contributed by atoms with Crippen LogP contribution in [0, 0.1) is 0 Å². The summed E-state index contributed by atoms with van der Waals surface area (Å²) in [4.78, 5) is 14.1. The molecule has 1 atom stereocenters. The molecule has 2 aromatic carbocycles. The van der Waals surface area contributed by atoms with Crippen LogP contribution < -0.4 is 20.4 Å². The molecule has 2 heterocycles. The molecular weight excluding hydrogens is 411 g/mol. The van der Waals surface area contributed by atoms with Gasteiger partial charge in [-0.2, -0.15) is 5.10 Å². The highest BCUT2D eigenvalue weighted by molar-refractivity contribution is 6.36. The molecule has 2 N–H and O–H groups in total. The summed E-state index contributed by atoms with van der Waals surface area (Å²) in [5, 5.41) is 8.99. The number of anilines is 2. The topological polar surface area (TPSA) is 66.0 Å². The van der Waals surface area contributed by atoms with Crippen molar-refractivity contribution in [1.82, 2.24) is 5.43 Å². The van der Waals surface area contributed by atoms with Crippen molar-refractivity contribution in [3.05, 3.63) is 40.4 Å². The van der Waals surface area contributed by atoms with Gasteiger partial charge in [0.2, 0.25) is 0 Å². The van der Waals surface area contributed by atoms with Gasteiger partial charge in [-0.25, -0.2) is 5.43 Å². The van der Waals surface area contributed by atoms with Crippen molar-refractivity contribution in [3.63, 3.8) is 0 Å². The van der Waals surface area contributed by atoms with Gasteiger partial charge >= 0.3 is 0 Å². The van der Waals surface area contributed by atoms with Crippen molar-refractivity contribution in [1.29, 1.82) is 0 Å². The van der Waals surface area contributed by atoms with Crippen LogP contribution in [0.25, 0.3) is 11.1 Å². The highest BCUT2D eigenvalue weighted by atomic mass is 35.5. The number of carbonyl (C=O) groups excluding carboxylic acids is 1. The van der Waals surface area contributed by atoms with Crippen molar-refractivity contribution >= 4 is 46.3 Å². The van der Waals surface area contributed by atoms with Crippen LogP contribution in [0.1, 0.15) is 26.2 Å². The molecule has 0 saturated heterocycles. The first kappa shape index (κ1) is 18.6. The second-order valence-electron chi connectivity index (χ2n) is 7.60. The summed E-state index contributed by atoms with van der Waals surface area (Å²) in [5.41, 5.74) is 6.18. The largest absolute Gasteiger partial charge is 0.483 e. The number of nitrogens with one attached hydrogen (secondary N) is 2. The van der Waals surface area contributed by atoms with Crippen molar-refractivity contribution in [2.45, 2.75) is 38.3 Å². The molecule has 1 fully saturated rings. The molecular formula is C21H20Cl2N4O2. The third-order valence-corrected chi connectivity index (χ3v) is 6.29. The summed E-state index contributed by atoms with van der Waals surface area (Å²) < 4.78 is 5.98. The number of carbonyl (C=O) groups is 1. The molecule has 1 amide bonds. The van der Waals surface area contributed by atoms with Gasteiger partial charge in [-0.05, 0) is 50.5 Å². The summed E-state index contributed by atoms with van der Waals surface area (Å²) in [6.07, 6.45) is 3.50. The second kappa shape index (κ2) is 7.11. The number of amidine groups is 1. The van der Waals surface area contributed by atoms with E-state index in [4.69, 9.17) is 27.9 Å². The minimum Gasteiger partial charge on any atom is -0.483 e. The fraction of sp³-hybridized carbons (Fsp3) is 0.333. The normalized spacial score (nSPS) is 20.7. The standard InChI is InChI=1S/C21H20Cl2N4O2/c1-11-21(28)26-25-20-10-29-19-8-15(14-6-5-12(22)7-16(14)23)17(9-18(19)27(11)20)24-13-3-2-4-13/h5-9,11,13,24H,2-4,10H2,1H3,(H,26,28)/t11-/m1/s1. The van der Waals surface area contributed by atoms with Gasteiger partial charge < -0.3 is 15.0 Å². The van der Waals surface area contributed by atoms with E-state index in [0.29, 0.717) is 34.3 Å². The molecule has 0 aromatic heterocycles. The average Bonchev–Trinajstić information content (AvgIpc) is 2.67. The fourth-order valence-electron chi connectivity index (χ4n) is 3.89. The molecule has 150 valence electrons. The van der Waals surface area contributed by atoms with Gasteiger partial charge in [0, 0.05) is 32.9 Å². The Bertz CT molecular complexity index is 1040. The predicted octanol–water partition coefficient (Wildman–Crippen LogP) is 4.66. The first-order valence-corrected chi connectivity index (χ1v) is 10.5. The second-order valence-corrected chi connectivity index (χ2v) is 8.44. The molecule has 6 nitrogen and oxygen atoms in total. The zero-order valence-corrected chi connectivity index (χ0v) is 17.3. The van der Waals surface area contributed by atoms with Crippen molar-refractivity contribution in [2.24, 2.45) is 5.10 Å². The Morgan fingerprint density at radius 2 is 2.03 bits per heavy atom. The van der Waals surface area contributed by atoms with Crippen molar-refractivity contribution in [3.8, 4) is 16.9 Å². The number of nitrogens with zero attached hydrogens (tertiary/aromatic N) is 2. The maximum atomic E-state index is 12.2. The molecule has 0 spiro atoms. The van der Waals surface area contributed by atoms with Crippen LogP contribution in [0.5, 0.6) is 5.75 Å². The fourth-order valence-corrected chi connectivity index (χ4v) is 4.40. The lowest BCUT2D eigenvalue weighted by Crippen LogP contribution is -2.55. The average molecular weight is 431 g/mol. The zero-order valence-electron chi connectivity index (χ0n) is 15.8. The van der Waals surface area contributed by atoms with Gasteiger partial charge in [0.25, 0.3) is 5.91 Å². The monoisotopic (exact) mass is 430 g/mol. The van der Waals surface area contributed by atoms with Crippen molar-refractivity contribution in [2.75, 3.05) is 16.8 Å². The van der Waals surface area contributed by atoms with E-state index in [0.717, 1.165) is 35.3 Å². The summed E-state index contributed by atoms with van der Waals surface area (Å²) >= 11 is 12.6. The summed E-state index contributed by atoms with van der Waals surface area (Å²) in [5.74, 6) is 1.25. The SMILES string of the molecule is C[C@@H]1C(=O)NN=C2COc3cc(-c4ccc(Cl)cc4Cl)c(NC4CCC4)cc3N21. The molecule has 5 rings (SSSR count). The minimum absolute atomic E-state index is 0.139. The smallest absolute Gasteiger partial charge is 0.262 e. The number of rotatable bonds is 3. The molecule has 1 saturated carbocycles. The Morgan fingerprint density at radius 3 is 2.76 bits per heavy atom. The van der Waals surface area contributed by atoms with Crippen LogP contribution in [-0.2, 0) is 4.79 Å². The van der Waals surface area contributed by atoms with Gasteiger partial charge in [0.05, 0.1) is 5.69 Å². The number of hydrogen-bond acceptors (Lipinski definition) is 5. The molecule has 29 heavy (non-hydrogen) atoms. The highest BCUT2D eigenvalue weighted by Crippen LogP contribution is 2.45. The first-order chi connectivity index (χ1) is 14.0. The number of fused-ring (bicyclic) bond motifs is 3. The van der Waals surface area contributed by atoms with Gasteiger partial charge in [-0.15, -0.1) is 0 Å². The quantitative estimate of drug-likeness (QED) is 0.742. The Hall–Kier alpha value is -2.44. The maximum Gasteiger partial charge on any atom is 0.262 e. The van der Waals surface area contributed by atoms with Crippen LogP contribution in [0.15, 0.2) is 35.4 Å². The van der Waals surface area contributed by atoms with Gasteiger partial charge in [0.15, 0.2) is 5.84 Å². The van der Waals surface area contributed by atoms with Crippen LogP contribution in [-0.4, -0.2) is 30.4 Å². The Morgan fingerprint density at radius 1 is 1.21 bits per heavy atom. The lowest BCUT2D eigenvalue weighted by Gasteiger charge is -2.39. The maximum absolute atomic E-state index is 12.2. The van der Waals surface area contributed by atoms with E-state index < -0.39 is 0 Å². The third-order valence-electron chi connectivity index (χ3n) is 5.74. The van der Waals surface area contributed by atoms with Crippen LogP contribution in [0.2, 0.25) is 10.0 Å². The molecule has 1 aliphatic carbocycles. The molecule has 8 heteroatoms. The summed E-state index contributed by atoms with van der Waals surface area (Å²) in [6, 6.07) is 9.58. The Labute approximate surface area is 178 Å². The van der Waals surface area contributed by atoms with E-state index in [1.807, 2.05) is 36.1 Å². The number of halogens is 2. The first-order valence-electron chi connectivity index (χ1n) is 9.69. The van der Waals surface area contributed by atoms with Gasteiger partial charge in [-0.3, -0.25) is 4.79 Å². The van der Waals surface area contributed by atoms with E-state index in [2.05, 4.69) is 15.8 Å². The van der Waals surface area contributed by atoms with E-state index in [1.54, 1.807) is 6.07 Å². The van der Waals surface area contributed by atoms with Gasteiger partial charge in [0.1, 0.15) is 18.4 Å². The third kappa shape index (κ3) is 3.20. The molecule has 2 aliphatic heterocycles. The summed E-state index contributed by atoms with van der Waals surface area (Å²) in [6.45, 7) is 2.16. The molecule has 0 unspecified atom stereocenters. The lowest BCUT2D eigenvalue weighted by molar-refractivity contribution is -0.122. The zero-order chi connectivity index (χ0) is 20.1. The molecule has 0 radical (unpaired) electrons. The van der Waals surface area contributed by atoms with E-state index >= 15 is 0 Å². The number of amides is 1. The molecule has 3 aliphatic rings.